The third-order valence-corrected chi connectivity index (χ3v) is 6.74. The van der Waals surface area contributed by atoms with E-state index in [4.69, 9.17) is 12.2 Å². The summed E-state index contributed by atoms with van der Waals surface area (Å²) in [4.78, 5) is 21.6. The maximum Gasteiger partial charge on any atom is 0.253 e. The predicted molar refractivity (Wildman–Crippen MR) is 119 cm³/mol. The van der Waals surface area contributed by atoms with Crippen molar-refractivity contribution >= 4 is 49.9 Å². The van der Waals surface area contributed by atoms with Crippen molar-refractivity contribution in [1.29, 1.82) is 0 Å². The number of rotatable bonds is 3. The van der Waals surface area contributed by atoms with Gasteiger partial charge in [-0.05, 0) is 50.3 Å². The molecule has 0 radical (unpaired) electrons. The second kappa shape index (κ2) is 8.71. The van der Waals surface area contributed by atoms with Crippen molar-refractivity contribution in [2.45, 2.75) is 38.1 Å². The largest absolute Gasteiger partial charge is 0.360 e. The topological polar surface area (TPSA) is 60.5 Å². The first kappa shape index (κ1) is 19.5. The average molecular weight is 418 g/mol. The Hall–Kier alpha value is -1.77. The Bertz CT molecular complexity index is 853. The van der Waals surface area contributed by atoms with E-state index in [0.717, 1.165) is 47.1 Å². The molecule has 2 aromatic rings. The van der Waals surface area contributed by atoms with Crippen molar-refractivity contribution in [2.75, 3.05) is 38.5 Å². The molecule has 1 amide bonds. The fraction of sp³-hybridized carbons (Fsp3) is 0.550. The number of aromatic nitrogens is 1. The van der Waals surface area contributed by atoms with Crippen LogP contribution < -0.4 is 10.6 Å². The van der Waals surface area contributed by atoms with Crippen LogP contribution in [0.1, 0.15) is 42.5 Å². The zero-order chi connectivity index (χ0) is 19.5. The number of thiocarbonyl (C=S) groups is 1. The van der Waals surface area contributed by atoms with Crippen LogP contribution in [0.4, 0.5) is 5.13 Å². The first-order valence-corrected chi connectivity index (χ1v) is 11.3. The van der Waals surface area contributed by atoms with Gasteiger partial charge < -0.3 is 20.4 Å². The number of piperazine rings is 1. The highest BCUT2D eigenvalue weighted by Gasteiger charge is 2.21. The molecule has 1 aliphatic heterocycles. The fourth-order valence-electron chi connectivity index (χ4n) is 3.87. The van der Waals surface area contributed by atoms with Crippen molar-refractivity contribution in [3.8, 4) is 0 Å². The molecule has 2 N–H and O–H groups in total. The van der Waals surface area contributed by atoms with Gasteiger partial charge in [-0.25, -0.2) is 4.98 Å². The summed E-state index contributed by atoms with van der Waals surface area (Å²) in [5, 5.41) is 8.04. The minimum absolute atomic E-state index is 0.104. The number of hydrogen-bond donors (Lipinski definition) is 2. The molecule has 6 nitrogen and oxygen atoms in total. The van der Waals surface area contributed by atoms with Crippen LogP contribution in [0.25, 0.3) is 10.2 Å². The highest BCUT2D eigenvalue weighted by atomic mass is 32.1. The number of thiazole rings is 1. The quantitative estimate of drug-likeness (QED) is 0.748. The van der Waals surface area contributed by atoms with Gasteiger partial charge in [0.2, 0.25) is 0 Å². The van der Waals surface area contributed by atoms with Crippen LogP contribution in [-0.2, 0) is 0 Å². The molecule has 2 fully saturated rings. The van der Waals surface area contributed by atoms with Gasteiger partial charge in [0.15, 0.2) is 10.2 Å². The summed E-state index contributed by atoms with van der Waals surface area (Å²) in [6, 6.07) is 6.23. The van der Waals surface area contributed by atoms with Gasteiger partial charge >= 0.3 is 0 Å². The van der Waals surface area contributed by atoms with Gasteiger partial charge in [0, 0.05) is 37.8 Å². The Labute approximate surface area is 175 Å². The predicted octanol–water partition coefficient (Wildman–Crippen LogP) is 3.30. The number of benzene rings is 1. The molecule has 1 aromatic carbocycles. The first-order chi connectivity index (χ1) is 13.6. The van der Waals surface area contributed by atoms with E-state index >= 15 is 0 Å². The SMILES string of the molecule is CN1CCN(C(=O)c2ccc3nc(NC(=S)NC4CCCCC4)sc3c2)CC1. The van der Waals surface area contributed by atoms with Crippen molar-refractivity contribution in [3.63, 3.8) is 0 Å². The van der Waals surface area contributed by atoms with E-state index in [9.17, 15) is 4.79 Å². The van der Waals surface area contributed by atoms with E-state index < -0.39 is 0 Å². The number of likely N-dealkylation sites (N-methyl/N-ethyl adjacent to an activating group) is 1. The van der Waals surface area contributed by atoms with Crippen LogP contribution in [0.2, 0.25) is 0 Å². The summed E-state index contributed by atoms with van der Waals surface area (Å²) in [5.41, 5.74) is 1.62. The van der Waals surface area contributed by atoms with E-state index in [-0.39, 0.29) is 5.91 Å². The van der Waals surface area contributed by atoms with Crippen LogP contribution in [0, 0.1) is 0 Å². The lowest BCUT2D eigenvalue weighted by molar-refractivity contribution is 0.0664. The number of amides is 1. The maximum absolute atomic E-state index is 12.8. The van der Waals surface area contributed by atoms with Crippen LogP contribution in [-0.4, -0.2) is 65.1 Å². The number of fused-ring (bicyclic) bond motifs is 1. The van der Waals surface area contributed by atoms with E-state index in [1.807, 2.05) is 23.1 Å². The average Bonchev–Trinajstić information content (AvgIpc) is 3.10. The Morgan fingerprint density at radius 1 is 1.18 bits per heavy atom. The van der Waals surface area contributed by atoms with Gasteiger partial charge in [0.1, 0.15) is 0 Å². The second-order valence-corrected chi connectivity index (χ2v) is 9.17. The molecule has 2 heterocycles. The molecule has 28 heavy (non-hydrogen) atoms. The molecule has 1 saturated heterocycles. The zero-order valence-electron chi connectivity index (χ0n) is 16.2. The van der Waals surface area contributed by atoms with Crippen LogP contribution in [0.3, 0.4) is 0 Å². The van der Waals surface area contributed by atoms with Gasteiger partial charge in [-0.15, -0.1) is 0 Å². The van der Waals surface area contributed by atoms with E-state index in [2.05, 4.69) is 27.6 Å². The lowest BCUT2D eigenvalue weighted by atomic mass is 9.96. The molecular weight excluding hydrogens is 390 g/mol. The summed E-state index contributed by atoms with van der Waals surface area (Å²) < 4.78 is 1.00. The fourth-order valence-corrected chi connectivity index (χ4v) is 5.11. The number of carbonyl (C=O) groups excluding carboxylic acids is 1. The molecule has 0 spiro atoms. The summed E-state index contributed by atoms with van der Waals surface area (Å²) in [6.45, 7) is 3.41. The van der Waals surface area contributed by atoms with Crippen molar-refractivity contribution in [3.05, 3.63) is 23.8 Å². The minimum Gasteiger partial charge on any atom is -0.360 e. The highest BCUT2D eigenvalue weighted by Crippen LogP contribution is 2.27. The molecule has 0 bridgehead atoms. The maximum atomic E-state index is 12.8. The Morgan fingerprint density at radius 2 is 1.93 bits per heavy atom. The van der Waals surface area contributed by atoms with Crippen LogP contribution >= 0.6 is 23.6 Å². The first-order valence-electron chi connectivity index (χ1n) is 10.0. The Balaban J connectivity index is 1.41. The molecule has 1 saturated carbocycles. The molecule has 1 aromatic heterocycles. The minimum atomic E-state index is 0.104. The van der Waals surface area contributed by atoms with E-state index in [1.54, 1.807) is 0 Å². The third-order valence-electron chi connectivity index (χ3n) is 5.59. The molecule has 0 unspecified atom stereocenters. The van der Waals surface area contributed by atoms with Crippen molar-refractivity contribution in [1.82, 2.24) is 20.1 Å². The Kier molecular flexibility index (Phi) is 6.08. The van der Waals surface area contributed by atoms with Crippen LogP contribution in [0.5, 0.6) is 0 Å². The van der Waals surface area contributed by atoms with Crippen LogP contribution in [0.15, 0.2) is 18.2 Å². The van der Waals surface area contributed by atoms with E-state index in [0.29, 0.717) is 11.2 Å². The molecule has 2 aliphatic rings. The number of nitrogens with one attached hydrogen (secondary N) is 2. The normalized spacial score (nSPS) is 19.0. The summed E-state index contributed by atoms with van der Waals surface area (Å²) in [7, 11) is 2.09. The third kappa shape index (κ3) is 4.61. The van der Waals surface area contributed by atoms with Crippen molar-refractivity contribution in [2.24, 2.45) is 0 Å². The summed E-state index contributed by atoms with van der Waals surface area (Å²) >= 11 is 7.00. The highest BCUT2D eigenvalue weighted by molar-refractivity contribution is 7.80. The molecule has 4 rings (SSSR count). The molecule has 150 valence electrons. The smallest absolute Gasteiger partial charge is 0.253 e. The molecule has 0 atom stereocenters. The standard InChI is InChI=1S/C20H27N5OS2/c1-24-9-11-25(12-10-24)18(26)14-7-8-16-17(13-14)28-20(22-16)23-19(27)21-15-5-3-2-4-6-15/h7-8,13,15H,2-6,9-12H2,1H3,(H2,21,22,23,27). The van der Waals surface area contributed by atoms with Gasteiger partial charge in [0.25, 0.3) is 5.91 Å². The van der Waals surface area contributed by atoms with Crippen molar-refractivity contribution < 1.29 is 4.79 Å². The molecular formula is C20H27N5OS2. The van der Waals surface area contributed by atoms with Gasteiger partial charge in [0.05, 0.1) is 10.2 Å². The second-order valence-electron chi connectivity index (χ2n) is 7.73. The molecule has 1 aliphatic carbocycles. The van der Waals surface area contributed by atoms with E-state index in [1.165, 1.54) is 43.4 Å². The summed E-state index contributed by atoms with van der Waals surface area (Å²) in [6.07, 6.45) is 6.22. The Morgan fingerprint density at radius 3 is 2.68 bits per heavy atom. The lowest BCUT2D eigenvalue weighted by Crippen LogP contribution is -2.47. The summed E-state index contributed by atoms with van der Waals surface area (Å²) in [5.74, 6) is 0.104. The molecule has 8 heteroatoms. The lowest BCUT2D eigenvalue weighted by Gasteiger charge is -2.32. The zero-order valence-corrected chi connectivity index (χ0v) is 17.9. The van der Waals surface area contributed by atoms with Gasteiger partial charge in [-0.2, -0.15) is 0 Å². The number of hydrogen-bond acceptors (Lipinski definition) is 5. The monoisotopic (exact) mass is 417 g/mol. The number of carbonyl (C=O) groups is 1. The number of anilines is 1. The number of nitrogens with zero attached hydrogens (tertiary/aromatic N) is 3. The van der Waals surface area contributed by atoms with Gasteiger partial charge in [-0.3, -0.25) is 4.79 Å². The van der Waals surface area contributed by atoms with Gasteiger partial charge in [-0.1, -0.05) is 30.6 Å².